The monoisotopic (exact) mass is 296 g/mol. The molecule has 0 aromatic heterocycles. The molecule has 3 atom stereocenters. The molecule has 118 valence electrons. The maximum atomic E-state index is 11.9. The van der Waals surface area contributed by atoms with Gasteiger partial charge in [-0.3, -0.25) is 0 Å². The Bertz CT molecular complexity index is 418. The van der Waals surface area contributed by atoms with Crippen LogP contribution in [-0.2, 0) is 14.3 Å². The lowest BCUT2D eigenvalue weighted by molar-refractivity contribution is -0.139. The second kappa shape index (κ2) is 9.39. The van der Waals surface area contributed by atoms with Gasteiger partial charge in [-0.2, -0.15) is 0 Å². The number of azide groups is 1. The second-order valence-electron chi connectivity index (χ2n) is 5.01. The first-order valence-corrected chi connectivity index (χ1v) is 7.43. The van der Waals surface area contributed by atoms with Crippen molar-refractivity contribution in [2.75, 3.05) is 13.2 Å². The highest BCUT2D eigenvalue weighted by Crippen LogP contribution is 2.24. The lowest BCUT2D eigenvalue weighted by Gasteiger charge is -2.31. The third-order valence-corrected chi connectivity index (χ3v) is 3.41. The molecule has 0 fully saturated rings. The van der Waals surface area contributed by atoms with Crippen LogP contribution in [0.15, 0.2) is 16.8 Å². The number of nitrogens with two attached hydrogens (primary N) is 1. The molecule has 0 heterocycles. The highest BCUT2D eigenvalue weighted by atomic mass is 16.5. The molecule has 0 aliphatic heterocycles. The van der Waals surface area contributed by atoms with Crippen molar-refractivity contribution in [3.05, 3.63) is 22.1 Å². The smallest absolute Gasteiger partial charge is 0.333 e. The average Bonchev–Trinajstić information content (AvgIpc) is 2.47. The first-order chi connectivity index (χ1) is 10.1. The summed E-state index contributed by atoms with van der Waals surface area (Å²) in [7, 11) is 0. The van der Waals surface area contributed by atoms with Gasteiger partial charge in [0.05, 0.1) is 18.8 Å². The summed E-state index contributed by atoms with van der Waals surface area (Å²) >= 11 is 0. The van der Waals surface area contributed by atoms with E-state index in [4.69, 9.17) is 20.7 Å². The molecule has 0 radical (unpaired) electrons. The molecule has 7 nitrogen and oxygen atoms in total. The minimum absolute atomic E-state index is 0.291. The van der Waals surface area contributed by atoms with Gasteiger partial charge in [-0.05, 0) is 31.4 Å². The molecule has 2 N–H and O–H groups in total. The topological polar surface area (TPSA) is 110 Å². The van der Waals surface area contributed by atoms with Crippen LogP contribution in [0.3, 0.4) is 0 Å². The maximum absolute atomic E-state index is 11.9. The quantitative estimate of drug-likeness (QED) is 0.244. The number of hydrogen-bond donors (Lipinski definition) is 1. The number of hydrogen-bond acceptors (Lipinski definition) is 5. The van der Waals surface area contributed by atoms with E-state index in [2.05, 4.69) is 16.9 Å². The van der Waals surface area contributed by atoms with Gasteiger partial charge in [0.25, 0.3) is 0 Å². The highest BCUT2D eigenvalue weighted by molar-refractivity contribution is 5.89. The Morgan fingerprint density at radius 1 is 1.52 bits per heavy atom. The van der Waals surface area contributed by atoms with Crippen LogP contribution in [0.2, 0.25) is 0 Å². The van der Waals surface area contributed by atoms with E-state index in [0.29, 0.717) is 25.2 Å². The summed E-state index contributed by atoms with van der Waals surface area (Å²) in [5.74, 6) is -0.398. The fraction of sp³-hybridized carbons (Fsp3) is 0.786. The third kappa shape index (κ3) is 5.38. The molecule has 0 bridgehead atoms. The summed E-state index contributed by atoms with van der Waals surface area (Å²) in [5, 5.41) is 3.68. The lowest BCUT2D eigenvalue weighted by Crippen LogP contribution is -2.47. The zero-order chi connectivity index (χ0) is 15.7. The minimum atomic E-state index is -0.490. The molecule has 7 heteroatoms. The van der Waals surface area contributed by atoms with Crippen molar-refractivity contribution in [2.24, 2.45) is 10.8 Å². The number of rotatable bonds is 8. The van der Waals surface area contributed by atoms with E-state index in [9.17, 15) is 4.79 Å². The number of ether oxygens (including phenoxy) is 2. The molecule has 0 saturated heterocycles. The Morgan fingerprint density at radius 2 is 2.29 bits per heavy atom. The zero-order valence-corrected chi connectivity index (χ0v) is 12.7. The first-order valence-electron chi connectivity index (χ1n) is 7.43. The molecule has 3 unspecified atom stereocenters. The van der Waals surface area contributed by atoms with Crippen LogP contribution in [0.25, 0.3) is 10.4 Å². The van der Waals surface area contributed by atoms with E-state index in [1.54, 1.807) is 13.0 Å². The van der Waals surface area contributed by atoms with Gasteiger partial charge in [0, 0.05) is 23.1 Å². The fourth-order valence-corrected chi connectivity index (χ4v) is 2.25. The van der Waals surface area contributed by atoms with Crippen molar-refractivity contribution in [2.45, 2.75) is 57.7 Å². The van der Waals surface area contributed by atoms with Gasteiger partial charge in [0.1, 0.15) is 0 Å². The van der Waals surface area contributed by atoms with Crippen molar-refractivity contribution in [1.29, 1.82) is 0 Å². The van der Waals surface area contributed by atoms with Gasteiger partial charge in [0.15, 0.2) is 0 Å². The second-order valence-corrected chi connectivity index (χ2v) is 5.01. The normalized spacial score (nSPS) is 24.9. The number of esters is 1. The van der Waals surface area contributed by atoms with E-state index in [1.807, 2.05) is 0 Å². The molecular weight excluding hydrogens is 272 g/mol. The maximum Gasteiger partial charge on any atom is 0.333 e. The molecule has 1 aliphatic rings. The van der Waals surface area contributed by atoms with Crippen molar-refractivity contribution < 1.29 is 14.3 Å². The van der Waals surface area contributed by atoms with E-state index in [1.165, 1.54) is 0 Å². The summed E-state index contributed by atoms with van der Waals surface area (Å²) in [6.07, 6.45) is 4.69. The molecule has 1 aliphatic carbocycles. The van der Waals surface area contributed by atoms with E-state index in [0.717, 1.165) is 19.3 Å². The highest BCUT2D eigenvalue weighted by Gasteiger charge is 2.33. The van der Waals surface area contributed by atoms with Crippen molar-refractivity contribution in [3.63, 3.8) is 0 Å². The van der Waals surface area contributed by atoms with E-state index >= 15 is 0 Å². The summed E-state index contributed by atoms with van der Waals surface area (Å²) in [6, 6.07) is -0.934. The van der Waals surface area contributed by atoms with E-state index in [-0.39, 0.29) is 0 Å². The van der Waals surface area contributed by atoms with Gasteiger partial charge in [-0.25, -0.2) is 4.79 Å². The lowest BCUT2D eigenvalue weighted by atomic mass is 9.89. The van der Waals surface area contributed by atoms with Crippen molar-refractivity contribution in [1.82, 2.24) is 0 Å². The summed E-state index contributed by atoms with van der Waals surface area (Å²) < 4.78 is 10.7. The van der Waals surface area contributed by atoms with E-state index < -0.39 is 24.2 Å². The van der Waals surface area contributed by atoms with Crippen LogP contribution in [0.5, 0.6) is 0 Å². The first kappa shape index (κ1) is 17.5. The van der Waals surface area contributed by atoms with Crippen LogP contribution in [0.4, 0.5) is 0 Å². The van der Waals surface area contributed by atoms with Crippen LogP contribution in [0, 0.1) is 0 Å². The number of unbranched alkanes of at least 4 members (excludes halogenated alkanes) is 2. The molecule has 0 spiro atoms. The van der Waals surface area contributed by atoms with Crippen LogP contribution < -0.4 is 5.73 Å². The molecule has 0 amide bonds. The average molecular weight is 296 g/mol. The number of nitrogens with zero attached hydrogens (tertiary/aromatic N) is 3. The molecule has 0 saturated carbocycles. The molecular formula is C14H24N4O3. The van der Waals surface area contributed by atoms with Crippen LogP contribution in [0.1, 0.15) is 39.5 Å². The van der Waals surface area contributed by atoms with Gasteiger partial charge >= 0.3 is 5.97 Å². The Kier molecular flexibility index (Phi) is 7.82. The molecule has 0 aromatic rings. The predicted octanol–water partition coefficient (Wildman–Crippen LogP) is 2.46. The zero-order valence-electron chi connectivity index (χ0n) is 12.7. The molecule has 1 rings (SSSR count). The van der Waals surface area contributed by atoms with Crippen LogP contribution in [-0.4, -0.2) is 37.4 Å². The predicted molar refractivity (Wildman–Crippen MR) is 79.5 cm³/mol. The Hall–Kier alpha value is -1.56. The summed E-state index contributed by atoms with van der Waals surface area (Å²) in [6.45, 7) is 4.73. The number of carbonyl (C=O) groups excluding carboxylic acids is 1. The van der Waals surface area contributed by atoms with Gasteiger partial charge in [-0.15, -0.1) is 0 Å². The summed E-state index contributed by atoms with van der Waals surface area (Å²) in [5.41, 5.74) is 15.2. The minimum Gasteiger partial charge on any atom is -0.463 e. The number of carbonyl (C=O) groups is 1. The van der Waals surface area contributed by atoms with Gasteiger partial charge in [-0.1, -0.05) is 24.9 Å². The van der Waals surface area contributed by atoms with Crippen molar-refractivity contribution >= 4 is 5.97 Å². The summed E-state index contributed by atoms with van der Waals surface area (Å²) in [4.78, 5) is 14.7. The standard InChI is InChI=1S/C14H24N4O3/c1-3-5-6-7-21-12-9-10(14(19)20-4-2)8-11(13(12)15)17-18-16/h9,11-13H,3-8,15H2,1-2H3. The van der Waals surface area contributed by atoms with Crippen molar-refractivity contribution in [3.8, 4) is 0 Å². The Balaban J connectivity index is 2.77. The van der Waals surface area contributed by atoms with Crippen LogP contribution >= 0.6 is 0 Å². The largest absolute Gasteiger partial charge is 0.463 e. The molecule has 21 heavy (non-hydrogen) atoms. The Morgan fingerprint density at radius 3 is 2.90 bits per heavy atom. The fourth-order valence-electron chi connectivity index (χ4n) is 2.25. The Labute approximate surface area is 125 Å². The molecule has 0 aromatic carbocycles. The SMILES string of the molecule is CCCCCOC1C=C(C(=O)OCC)CC(N=[N+]=[N-])C1N. The van der Waals surface area contributed by atoms with Gasteiger partial charge < -0.3 is 15.2 Å². The third-order valence-electron chi connectivity index (χ3n) is 3.41. The van der Waals surface area contributed by atoms with Gasteiger partial charge in [0.2, 0.25) is 0 Å².